The predicted octanol–water partition coefficient (Wildman–Crippen LogP) is 5.24. The number of rotatable bonds is 8. The van der Waals surface area contributed by atoms with Crippen molar-refractivity contribution in [1.29, 1.82) is 0 Å². The molecule has 2 heterocycles. The molecule has 1 amide bonds. The third-order valence-electron chi connectivity index (χ3n) is 4.44. The Morgan fingerprint density at radius 1 is 0.968 bits per heavy atom. The van der Waals surface area contributed by atoms with Crippen LogP contribution in [0.1, 0.15) is 6.92 Å². The molecule has 0 aliphatic heterocycles. The zero-order valence-corrected chi connectivity index (χ0v) is 18.6. The highest BCUT2D eigenvalue weighted by Gasteiger charge is 2.15. The van der Waals surface area contributed by atoms with Gasteiger partial charge in [0.2, 0.25) is 5.91 Å². The second-order valence-electron chi connectivity index (χ2n) is 6.53. The fourth-order valence-electron chi connectivity index (χ4n) is 2.99. The summed E-state index contributed by atoms with van der Waals surface area (Å²) in [7, 11) is 0. The lowest BCUT2D eigenvalue weighted by molar-refractivity contribution is -0.113. The third kappa shape index (κ3) is 5.34. The Morgan fingerprint density at radius 2 is 1.71 bits per heavy atom. The summed E-state index contributed by atoms with van der Waals surface area (Å²) in [5.41, 5.74) is 1.75. The number of aromatic nitrogens is 4. The van der Waals surface area contributed by atoms with E-state index in [9.17, 15) is 4.79 Å². The maximum Gasteiger partial charge on any atom is 0.234 e. The summed E-state index contributed by atoms with van der Waals surface area (Å²) in [6.07, 6.45) is 3.46. The van der Waals surface area contributed by atoms with Crippen LogP contribution in [-0.2, 0) is 11.3 Å². The van der Waals surface area contributed by atoms with Crippen molar-refractivity contribution in [2.24, 2.45) is 0 Å². The first-order valence-corrected chi connectivity index (χ1v) is 11.6. The molecule has 4 rings (SSSR count). The van der Waals surface area contributed by atoms with Crippen molar-refractivity contribution in [2.45, 2.75) is 28.4 Å². The van der Waals surface area contributed by atoms with E-state index in [1.54, 1.807) is 24.2 Å². The number of amides is 1. The Balaban J connectivity index is 1.42. The number of para-hydroxylation sites is 1. The van der Waals surface area contributed by atoms with Crippen LogP contribution in [0.4, 0.5) is 5.69 Å². The number of anilines is 1. The van der Waals surface area contributed by atoms with Gasteiger partial charge in [-0.2, -0.15) is 0 Å². The molecule has 0 fully saturated rings. The minimum Gasteiger partial charge on any atom is -0.324 e. The number of carbonyl (C=O) groups excluding carboxylic acids is 1. The van der Waals surface area contributed by atoms with Crippen LogP contribution in [0.5, 0.6) is 0 Å². The van der Waals surface area contributed by atoms with Crippen molar-refractivity contribution >= 4 is 35.1 Å². The molecule has 6 nitrogen and oxygen atoms in total. The standard InChI is InChI=1S/C23H21N5OS2/c1-2-28-22(17-12-14-24-15-13-17)26-27-23(28)30-16-21(29)25-19-10-6-7-11-20(19)31-18-8-4-3-5-9-18/h3-15H,2,16H2,1H3,(H,25,29). The first-order valence-electron chi connectivity index (χ1n) is 9.82. The van der Waals surface area contributed by atoms with Crippen molar-refractivity contribution < 1.29 is 4.79 Å². The number of nitrogens with zero attached hydrogens (tertiary/aromatic N) is 4. The molecule has 0 unspecified atom stereocenters. The molecule has 0 bridgehead atoms. The second-order valence-corrected chi connectivity index (χ2v) is 8.59. The highest BCUT2D eigenvalue weighted by molar-refractivity contribution is 8.00. The van der Waals surface area contributed by atoms with Gasteiger partial charge in [-0.15, -0.1) is 10.2 Å². The lowest BCUT2D eigenvalue weighted by atomic mass is 10.2. The minimum atomic E-state index is -0.0813. The lowest BCUT2D eigenvalue weighted by Gasteiger charge is -2.11. The zero-order valence-electron chi connectivity index (χ0n) is 16.9. The number of pyridine rings is 1. The van der Waals surface area contributed by atoms with Gasteiger partial charge in [0, 0.05) is 34.3 Å². The Bertz CT molecular complexity index is 1150. The molecule has 1 N–H and O–H groups in total. The Kier molecular flexibility index (Phi) is 7.01. The average Bonchev–Trinajstić information content (AvgIpc) is 3.23. The van der Waals surface area contributed by atoms with E-state index < -0.39 is 0 Å². The molecule has 0 atom stereocenters. The van der Waals surface area contributed by atoms with Crippen molar-refractivity contribution in [3.63, 3.8) is 0 Å². The Labute approximate surface area is 189 Å². The molecule has 4 aromatic rings. The number of thioether (sulfide) groups is 1. The molecule has 31 heavy (non-hydrogen) atoms. The van der Waals surface area contributed by atoms with Gasteiger partial charge >= 0.3 is 0 Å². The maximum absolute atomic E-state index is 12.7. The van der Waals surface area contributed by atoms with Crippen LogP contribution in [-0.4, -0.2) is 31.4 Å². The largest absolute Gasteiger partial charge is 0.324 e. The van der Waals surface area contributed by atoms with Crippen LogP contribution in [0, 0.1) is 0 Å². The Morgan fingerprint density at radius 3 is 2.48 bits per heavy atom. The van der Waals surface area contributed by atoms with Crippen LogP contribution in [0.25, 0.3) is 11.4 Å². The van der Waals surface area contributed by atoms with E-state index in [0.717, 1.165) is 32.0 Å². The normalized spacial score (nSPS) is 10.7. The van der Waals surface area contributed by atoms with Crippen LogP contribution in [0.2, 0.25) is 0 Å². The molecular formula is C23H21N5OS2. The van der Waals surface area contributed by atoms with Gasteiger partial charge in [-0.3, -0.25) is 9.78 Å². The van der Waals surface area contributed by atoms with Gasteiger partial charge in [0.25, 0.3) is 0 Å². The smallest absolute Gasteiger partial charge is 0.234 e. The van der Waals surface area contributed by atoms with E-state index in [2.05, 4.69) is 32.6 Å². The summed E-state index contributed by atoms with van der Waals surface area (Å²) in [4.78, 5) is 18.8. The molecule has 2 aromatic heterocycles. The zero-order chi connectivity index (χ0) is 21.5. The van der Waals surface area contributed by atoms with E-state index in [0.29, 0.717) is 6.54 Å². The third-order valence-corrected chi connectivity index (χ3v) is 6.49. The highest BCUT2D eigenvalue weighted by Crippen LogP contribution is 2.33. The van der Waals surface area contributed by atoms with Gasteiger partial charge in [0.15, 0.2) is 11.0 Å². The van der Waals surface area contributed by atoms with Crippen LogP contribution in [0.15, 0.2) is 94.1 Å². The second kappa shape index (κ2) is 10.3. The summed E-state index contributed by atoms with van der Waals surface area (Å²) >= 11 is 3.00. The van der Waals surface area contributed by atoms with Crippen LogP contribution < -0.4 is 5.32 Å². The van der Waals surface area contributed by atoms with Crippen molar-refractivity contribution in [3.8, 4) is 11.4 Å². The molecule has 8 heteroatoms. The topological polar surface area (TPSA) is 72.7 Å². The van der Waals surface area contributed by atoms with E-state index in [-0.39, 0.29) is 11.7 Å². The van der Waals surface area contributed by atoms with Gasteiger partial charge in [0.05, 0.1) is 11.4 Å². The molecule has 0 aliphatic rings. The van der Waals surface area contributed by atoms with E-state index in [1.165, 1.54) is 11.8 Å². The monoisotopic (exact) mass is 447 g/mol. The van der Waals surface area contributed by atoms with Crippen LogP contribution in [0.3, 0.4) is 0 Å². The SMILES string of the molecule is CCn1c(SCC(=O)Nc2ccccc2Sc2ccccc2)nnc1-c1ccncc1. The molecular weight excluding hydrogens is 426 g/mol. The van der Waals surface area contributed by atoms with Gasteiger partial charge in [0.1, 0.15) is 0 Å². The fourth-order valence-corrected chi connectivity index (χ4v) is 4.71. The van der Waals surface area contributed by atoms with Gasteiger partial charge in [-0.1, -0.05) is 53.9 Å². The van der Waals surface area contributed by atoms with E-state index in [4.69, 9.17) is 0 Å². The molecule has 156 valence electrons. The van der Waals surface area contributed by atoms with Gasteiger partial charge < -0.3 is 9.88 Å². The first-order chi connectivity index (χ1) is 15.2. The van der Waals surface area contributed by atoms with Gasteiger partial charge in [-0.05, 0) is 43.3 Å². The van der Waals surface area contributed by atoms with Crippen LogP contribution >= 0.6 is 23.5 Å². The molecule has 0 aliphatic carbocycles. The summed E-state index contributed by atoms with van der Waals surface area (Å²) < 4.78 is 2.01. The number of carbonyl (C=O) groups is 1. The summed E-state index contributed by atoms with van der Waals surface area (Å²) in [5, 5.41) is 12.3. The fraction of sp³-hybridized carbons (Fsp3) is 0.130. The molecule has 0 saturated carbocycles. The van der Waals surface area contributed by atoms with Crippen molar-refractivity contribution in [1.82, 2.24) is 19.7 Å². The molecule has 0 radical (unpaired) electrons. The Hall–Kier alpha value is -3.10. The molecule has 0 saturated heterocycles. The lowest BCUT2D eigenvalue weighted by Crippen LogP contribution is -2.15. The number of nitrogens with one attached hydrogen (secondary N) is 1. The van der Waals surface area contributed by atoms with E-state index >= 15 is 0 Å². The first kappa shape index (κ1) is 21.1. The van der Waals surface area contributed by atoms with E-state index in [1.807, 2.05) is 66.1 Å². The maximum atomic E-state index is 12.7. The predicted molar refractivity (Wildman–Crippen MR) is 125 cm³/mol. The van der Waals surface area contributed by atoms with Crippen molar-refractivity contribution in [3.05, 3.63) is 79.1 Å². The number of hydrogen-bond donors (Lipinski definition) is 1. The highest BCUT2D eigenvalue weighted by atomic mass is 32.2. The molecule has 0 spiro atoms. The number of hydrogen-bond acceptors (Lipinski definition) is 6. The summed E-state index contributed by atoms with van der Waals surface area (Å²) in [6.45, 7) is 2.75. The van der Waals surface area contributed by atoms with Crippen molar-refractivity contribution in [2.75, 3.05) is 11.1 Å². The molecule has 2 aromatic carbocycles. The van der Waals surface area contributed by atoms with Gasteiger partial charge in [-0.25, -0.2) is 0 Å². The average molecular weight is 448 g/mol. The minimum absolute atomic E-state index is 0.0813. The quantitative estimate of drug-likeness (QED) is 0.372. The number of benzene rings is 2. The summed E-state index contributed by atoms with van der Waals surface area (Å²) in [6, 6.07) is 21.7. The summed E-state index contributed by atoms with van der Waals surface area (Å²) in [5.74, 6) is 0.943.